The van der Waals surface area contributed by atoms with Crippen LogP contribution < -0.4 is 5.32 Å². The van der Waals surface area contributed by atoms with Gasteiger partial charge in [-0.25, -0.2) is 4.79 Å². The van der Waals surface area contributed by atoms with Crippen LogP contribution in [0.3, 0.4) is 0 Å². The van der Waals surface area contributed by atoms with Crippen LogP contribution in [0.2, 0.25) is 0 Å². The van der Waals surface area contributed by atoms with Gasteiger partial charge in [-0.15, -0.1) is 0 Å². The van der Waals surface area contributed by atoms with Crippen molar-refractivity contribution in [3.8, 4) is 0 Å². The third kappa shape index (κ3) is 3.39. The number of hydrogen-bond acceptors (Lipinski definition) is 3. The Morgan fingerprint density at radius 2 is 2.14 bits per heavy atom. The fourth-order valence-corrected chi connectivity index (χ4v) is 2.70. The van der Waals surface area contributed by atoms with Crippen molar-refractivity contribution in [3.63, 3.8) is 0 Å². The molecule has 1 aromatic heterocycles. The third-order valence-corrected chi connectivity index (χ3v) is 4.03. The molecule has 0 saturated heterocycles. The molecule has 2 aromatic rings. The molecule has 0 aliphatic heterocycles. The van der Waals surface area contributed by atoms with Crippen LogP contribution in [-0.2, 0) is 11.8 Å². The molecule has 0 unspecified atom stereocenters. The van der Waals surface area contributed by atoms with Gasteiger partial charge in [-0.3, -0.25) is 4.79 Å². The van der Waals surface area contributed by atoms with Crippen molar-refractivity contribution >= 4 is 34.5 Å². The lowest BCUT2D eigenvalue weighted by atomic mass is 10.1. The second-order valence-electron chi connectivity index (χ2n) is 4.81. The maximum atomic E-state index is 12.4. The number of rotatable bonds is 6. The fourth-order valence-electron chi connectivity index (χ4n) is 2.23. The van der Waals surface area contributed by atoms with E-state index in [9.17, 15) is 14.7 Å². The van der Waals surface area contributed by atoms with Crippen LogP contribution in [0.5, 0.6) is 0 Å². The molecule has 2 rings (SSSR count). The summed E-state index contributed by atoms with van der Waals surface area (Å²) < 4.78 is 1.93. The topological polar surface area (TPSA) is 71.3 Å². The molecule has 1 amide bonds. The summed E-state index contributed by atoms with van der Waals surface area (Å²) in [5.74, 6) is -0.662. The summed E-state index contributed by atoms with van der Waals surface area (Å²) in [4.78, 5) is 23.6. The smallest absolute Gasteiger partial charge is 0.326 e. The number of carbonyl (C=O) groups excluding carboxylic acids is 1. The van der Waals surface area contributed by atoms with Crippen molar-refractivity contribution < 1.29 is 14.7 Å². The number of amides is 1. The van der Waals surface area contributed by atoms with Crippen LogP contribution in [0.25, 0.3) is 10.9 Å². The van der Waals surface area contributed by atoms with Crippen LogP contribution >= 0.6 is 11.8 Å². The van der Waals surface area contributed by atoms with Crippen molar-refractivity contribution in [2.45, 2.75) is 12.5 Å². The highest BCUT2D eigenvalue weighted by atomic mass is 32.2. The molecule has 0 aliphatic rings. The minimum atomic E-state index is -1.00. The minimum Gasteiger partial charge on any atom is -0.480 e. The highest BCUT2D eigenvalue weighted by Crippen LogP contribution is 2.19. The zero-order chi connectivity index (χ0) is 15.4. The van der Waals surface area contributed by atoms with Gasteiger partial charge in [0.2, 0.25) is 0 Å². The molecule has 21 heavy (non-hydrogen) atoms. The van der Waals surface area contributed by atoms with Crippen LogP contribution in [0.15, 0.2) is 30.5 Å². The molecule has 0 radical (unpaired) electrons. The first kappa shape index (κ1) is 15.4. The van der Waals surface area contributed by atoms with Gasteiger partial charge in [0.05, 0.1) is 0 Å². The largest absolute Gasteiger partial charge is 0.480 e. The number of carbonyl (C=O) groups is 2. The van der Waals surface area contributed by atoms with Gasteiger partial charge in [0.25, 0.3) is 5.91 Å². The summed E-state index contributed by atoms with van der Waals surface area (Å²) in [6.07, 6.45) is 4.20. The van der Waals surface area contributed by atoms with E-state index >= 15 is 0 Å². The summed E-state index contributed by atoms with van der Waals surface area (Å²) >= 11 is 1.56. The summed E-state index contributed by atoms with van der Waals surface area (Å²) in [6.45, 7) is 0. The van der Waals surface area contributed by atoms with Crippen LogP contribution in [-0.4, -0.2) is 39.6 Å². The highest BCUT2D eigenvalue weighted by molar-refractivity contribution is 7.98. The number of nitrogens with zero attached hydrogens (tertiary/aromatic N) is 1. The highest BCUT2D eigenvalue weighted by Gasteiger charge is 2.21. The number of benzene rings is 1. The maximum Gasteiger partial charge on any atom is 0.326 e. The summed E-state index contributed by atoms with van der Waals surface area (Å²) in [5, 5.41) is 12.6. The van der Waals surface area contributed by atoms with Crippen molar-refractivity contribution in [1.82, 2.24) is 9.88 Å². The van der Waals surface area contributed by atoms with Gasteiger partial charge in [-0.05, 0) is 36.6 Å². The molecule has 112 valence electrons. The SMILES string of the molecule is CSCC[C@H](NC(=O)c1cccc2c1ccn2C)C(=O)O. The molecule has 2 N–H and O–H groups in total. The Bertz CT molecular complexity index is 666. The fraction of sp³-hybridized carbons (Fsp3) is 0.333. The first-order valence-electron chi connectivity index (χ1n) is 6.61. The Kier molecular flexibility index (Phi) is 4.90. The van der Waals surface area contributed by atoms with E-state index in [1.165, 1.54) is 0 Å². The molecule has 0 aliphatic carbocycles. The van der Waals surface area contributed by atoms with Crippen LogP contribution in [0.4, 0.5) is 0 Å². The molecule has 5 nitrogen and oxygen atoms in total. The Balaban J connectivity index is 2.23. The Hall–Kier alpha value is -1.95. The van der Waals surface area contributed by atoms with Gasteiger partial charge >= 0.3 is 5.97 Å². The lowest BCUT2D eigenvalue weighted by molar-refractivity contribution is -0.139. The number of thioether (sulfide) groups is 1. The predicted molar refractivity (Wildman–Crippen MR) is 84.8 cm³/mol. The normalized spacial score (nSPS) is 12.3. The van der Waals surface area contributed by atoms with E-state index in [4.69, 9.17) is 0 Å². The molecule has 1 heterocycles. The van der Waals surface area contributed by atoms with E-state index in [1.807, 2.05) is 36.2 Å². The van der Waals surface area contributed by atoms with E-state index in [-0.39, 0.29) is 5.91 Å². The summed E-state index contributed by atoms with van der Waals surface area (Å²) in [6, 6.07) is 6.44. The molecule has 0 spiro atoms. The van der Waals surface area contributed by atoms with Crippen molar-refractivity contribution in [2.24, 2.45) is 7.05 Å². The van der Waals surface area contributed by atoms with E-state index in [2.05, 4.69) is 5.32 Å². The number of carboxylic acid groups (broad SMARTS) is 1. The Morgan fingerprint density at radius 1 is 1.38 bits per heavy atom. The maximum absolute atomic E-state index is 12.4. The molecule has 0 fully saturated rings. The van der Waals surface area contributed by atoms with Crippen molar-refractivity contribution in [2.75, 3.05) is 12.0 Å². The first-order valence-corrected chi connectivity index (χ1v) is 8.00. The number of hydrogen-bond donors (Lipinski definition) is 2. The van der Waals surface area contributed by atoms with Crippen molar-refractivity contribution in [3.05, 3.63) is 36.0 Å². The quantitative estimate of drug-likeness (QED) is 0.857. The molecule has 1 aromatic carbocycles. The summed E-state index contributed by atoms with van der Waals surface area (Å²) in [5.41, 5.74) is 1.45. The molecular formula is C15H18N2O3S. The van der Waals surface area contributed by atoms with Gasteiger partial charge in [-0.1, -0.05) is 6.07 Å². The van der Waals surface area contributed by atoms with Gasteiger partial charge in [0.1, 0.15) is 6.04 Å². The van der Waals surface area contributed by atoms with Crippen LogP contribution in [0.1, 0.15) is 16.8 Å². The second-order valence-corrected chi connectivity index (χ2v) is 5.80. The lowest BCUT2D eigenvalue weighted by Crippen LogP contribution is -2.41. The average Bonchev–Trinajstić information content (AvgIpc) is 2.84. The van der Waals surface area contributed by atoms with Crippen molar-refractivity contribution in [1.29, 1.82) is 0 Å². The van der Waals surface area contributed by atoms with Gasteiger partial charge in [0, 0.05) is 29.7 Å². The number of nitrogens with one attached hydrogen (secondary N) is 1. The second kappa shape index (κ2) is 6.67. The van der Waals surface area contributed by atoms with E-state index in [1.54, 1.807) is 23.9 Å². The van der Waals surface area contributed by atoms with Crippen LogP contribution in [0, 0.1) is 0 Å². The molecule has 0 saturated carbocycles. The standard InChI is InChI=1S/C15H18N2O3S/c1-17-8-6-10-11(4-3-5-13(10)17)14(18)16-12(15(19)20)7-9-21-2/h3-6,8,12H,7,9H2,1-2H3,(H,16,18)(H,19,20)/t12-/m0/s1. The number of aryl methyl sites for hydroxylation is 1. The molecule has 1 atom stereocenters. The molecule has 6 heteroatoms. The zero-order valence-corrected chi connectivity index (χ0v) is 12.8. The number of aromatic nitrogens is 1. The lowest BCUT2D eigenvalue weighted by Gasteiger charge is -2.14. The monoisotopic (exact) mass is 306 g/mol. The van der Waals surface area contributed by atoms with E-state index < -0.39 is 12.0 Å². The number of aliphatic carboxylic acids is 1. The molecule has 0 bridgehead atoms. The average molecular weight is 306 g/mol. The minimum absolute atomic E-state index is 0.347. The molecular weight excluding hydrogens is 288 g/mol. The van der Waals surface area contributed by atoms with E-state index in [0.29, 0.717) is 17.7 Å². The van der Waals surface area contributed by atoms with Gasteiger partial charge in [-0.2, -0.15) is 11.8 Å². The Morgan fingerprint density at radius 3 is 2.81 bits per heavy atom. The van der Waals surface area contributed by atoms with Gasteiger partial charge < -0.3 is 15.0 Å². The van der Waals surface area contributed by atoms with E-state index in [0.717, 1.165) is 10.9 Å². The van der Waals surface area contributed by atoms with Gasteiger partial charge in [0.15, 0.2) is 0 Å². The summed E-state index contributed by atoms with van der Waals surface area (Å²) in [7, 11) is 1.91. The third-order valence-electron chi connectivity index (χ3n) is 3.39. The zero-order valence-electron chi connectivity index (χ0n) is 12.0. The number of fused-ring (bicyclic) bond motifs is 1. The first-order chi connectivity index (χ1) is 10.0. The number of carboxylic acids is 1. The predicted octanol–water partition coefficient (Wildman–Crippen LogP) is 2.11. The Labute approximate surface area is 127 Å².